The molecule has 19 heavy (non-hydrogen) atoms. The molecule has 6 nitrogen and oxygen atoms in total. The molecule has 102 valence electrons. The standard InChI is InChI=1S/C10H10BrClN4O2S/c1-16-10(9(11)13-15-16)19(17,18)14-8-4-2-3-7(5-8)6-12/h2-5,14H,6H2,1H3. The van der Waals surface area contributed by atoms with Gasteiger partial charge >= 0.3 is 0 Å². The summed E-state index contributed by atoms with van der Waals surface area (Å²) in [6, 6.07) is 6.85. The Kier molecular flexibility index (Phi) is 4.12. The lowest BCUT2D eigenvalue weighted by molar-refractivity contribution is 0.578. The van der Waals surface area contributed by atoms with Gasteiger partial charge in [-0.2, -0.15) is 8.42 Å². The highest BCUT2D eigenvalue weighted by Crippen LogP contribution is 2.22. The Balaban J connectivity index is 2.36. The van der Waals surface area contributed by atoms with E-state index in [1.807, 2.05) is 6.07 Å². The molecule has 0 amide bonds. The van der Waals surface area contributed by atoms with E-state index in [0.717, 1.165) is 5.56 Å². The molecule has 1 aromatic heterocycles. The molecule has 1 N–H and O–H groups in total. The first kappa shape index (κ1) is 14.3. The van der Waals surface area contributed by atoms with Gasteiger partial charge in [-0.25, -0.2) is 4.68 Å². The van der Waals surface area contributed by atoms with Crippen molar-refractivity contribution < 1.29 is 8.42 Å². The van der Waals surface area contributed by atoms with E-state index in [4.69, 9.17) is 11.6 Å². The zero-order valence-corrected chi connectivity index (χ0v) is 13.0. The molecule has 0 fully saturated rings. The minimum Gasteiger partial charge on any atom is -0.278 e. The van der Waals surface area contributed by atoms with Crippen LogP contribution in [0.3, 0.4) is 0 Å². The van der Waals surface area contributed by atoms with Crippen LogP contribution in [0, 0.1) is 0 Å². The van der Waals surface area contributed by atoms with Crippen LogP contribution in [0.5, 0.6) is 0 Å². The molecule has 0 bridgehead atoms. The number of hydrogen-bond donors (Lipinski definition) is 1. The third-order valence-electron chi connectivity index (χ3n) is 2.33. The number of benzene rings is 1. The predicted octanol–water partition coefficient (Wildman–Crippen LogP) is 2.12. The van der Waals surface area contributed by atoms with Crippen LogP contribution in [-0.2, 0) is 23.0 Å². The zero-order chi connectivity index (χ0) is 14.0. The Morgan fingerprint density at radius 1 is 1.47 bits per heavy atom. The summed E-state index contributed by atoms with van der Waals surface area (Å²) in [5.74, 6) is 0.312. The highest BCUT2D eigenvalue weighted by Gasteiger charge is 2.23. The van der Waals surface area contributed by atoms with Gasteiger partial charge in [0.25, 0.3) is 10.0 Å². The minimum atomic E-state index is -3.76. The summed E-state index contributed by atoms with van der Waals surface area (Å²) in [6.45, 7) is 0. The van der Waals surface area contributed by atoms with Gasteiger partial charge < -0.3 is 0 Å². The lowest BCUT2D eigenvalue weighted by Crippen LogP contribution is -2.17. The highest BCUT2D eigenvalue weighted by atomic mass is 79.9. The van der Waals surface area contributed by atoms with Crippen LogP contribution in [-0.4, -0.2) is 23.4 Å². The van der Waals surface area contributed by atoms with Crippen molar-refractivity contribution in [1.29, 1.82) is 0 Å². The number of aryl methyl sites for hydroxylation is 1. The largest absolute Gasteiger partial charge is 0.281 e. The summed E-state index contributed by atoms with van der Waals surface area (Å²) in [5.41, 5.74) is 1.26. The van der Waals surface area contributed by atoms with Crippen LogP contribution in [0.15, 0.2) is 33.9 Å². The van der Waals surface area contributed by atoms with Crippen LogP contribution in [0.2, 0.25) is 0 Å². The number of nitrogens with one attached hydrogen (secondary N) is 1. The van der Waals surface area contributed by atoms with E-state index < -0.39 is 10.0 Å². The average molecular weight is 366 g/mol. The number of rotatable bonds is 4. The molecule has 9 heteroatoms. The van der Waals surface area contributed by atoms with Crippen LogP contribution < -0.4 is 4.72 Å². The van der Waals surface area contributed by atoms with Crippen molar-refractivity contribution in [3.05, 3.63) is 34.4 Å². The van der Waals surface area contributed by atoms with Crippen molar-refractivity contribution in [3.63, 3.8) is 0 Å². The van der Waals surface area contributed by atoms with Gasteiger partial charge in [0.15, 0.2) is 4.60 Å². The van der Waals surface area contributed by atoms with Gasteiger partial charge in [0.05, 0.1) is 0 Å². The third-order valence-corrected chi connectivity index (χ3v) is 4.90. The Morgan fingerprint density at radius 3 is 2.79 bits per heavy atom. The maximum Gasteiger partial charge on any atom is 0.281 e. The van der Waals surface area contributed by atoms with E-state index in [0.29, 0.717) is 11.6 Å². The van der Waals surface area contributed by atoms with E-state index in [-0.39, 0.29) is 9.63 Å². The fourth-order valence-electron chi connectivity index (χ4n) is 1.53. The van der Waals surface area contributed by atoms with Crippen molar-refractivity contribution in [2.75, 3.05) is 4.72 Å². The number of aromatic nitrogens is 3. The van der Waals surface area contributed by atoms with Crippen LogP contribution >= 0.6 is 27.5 Å². The first-order chi connectivity index (χ1) is 8.94. The summed E-state index contributed by atoms with van der Waals surface area (Å²) < 4.78 is 28.3. The van der Waals surface area contributed by atoms with Crippen LogP contribution in [0.1, 0.15) is 5.56 Å². The SMILES string of the molecule is Cn1nnc(Br)c1S(=O)(=O)Nc1cccc(CCl)c1. The summed E-state index contributed by atoms with van der Waals surface area (Å²) in [5, 5.41) is 7.25. The van der Waals surface area contributed by atoms with E-state index >= 15 is 0 Å². The maximum atomic E-state index is 12.2. The van der Waals surface area contributed by atoms with Crippen molar-refractivity contribution in [2.45, 2.75) is 10.9 Å². The molecular weight excluding hydrogens is 356 g/mol. The van der Waals surface area contributed by atoms with Crippen LogP contribution in [0.4, 0.5) is 5.69 Å². The fraction of sp³-hybridized carbons (Fsp3) is 0.200. The predicted molar refractivity (Wildman–Crippen MR) is 75.5 cm³/mol. The third kappa shape index (κ3) is 3.07. The molecule has 2 aromatic rings. The molecule has 1 aromatic carbocycles. The van der Waals surface area contributed by atoms with Gasteiger partial charge in [-0.3, -0.25) is 4.72 Å². The van der Waals surface area contributed by atoms with E-state index in [9.17, 15) is 8.42 Å². The second-order valence-electron chi connectivity index (χ2n) is 3.75. The summed E-state index contributed by atoms with van der Waals surface area (Å²) in [6.07, 6.45) is 0. The zero-order valence-electron chi connectivity index (χ0n) is 9.84. The molecular formula is C10H10BrClN4O2S. The van der Waals surface area contributed by atoms with E-state index in [1.54, 1.807) is 18.2 Å². The van der Waals surface area contributed by atoms with E-state index in [1.165, 1.54) is 11.7 Å². The fourth-order valence-corrected chi connectivity index (χ4v) is 3.84. The number of halogens is 2. The topological polar surface area (TPSA) is 76.9 Å². The maximum absolute atomic E-state index is 12.2. The Bertz CT molecular complexity index is 682. The highest BCUT2D eigenvalue weighted by molar-refractivity contribution is 9.10. The molecule has 0 spiro atoms. The van der Waals surface area contributed by atoms with Gasteiger partial charge in [0.1, 0.15) is 0 Å². The first-order valence-electron chi connectivity index (χ1n) is 5.17. The molecule has 0 aliphatic rings. The smallest absolute Gasteiger partial charge is 0.278 e. The molecule has 0 atom stereocenters. The number of hydrogen-bond acceptors (Lipinski definition) is 4. The second kappa shape index (κ2) is 5.48. The molecule has 0 aliphatic carbocycles. The average Bonchev–Trinajstić information content (AvgIpc) is 2.69. The van der Waals surface area contributed by atoms with Gasteiger partial charge in [0.2, 0.25) is 5.03 Å². The number of anilines is 1. The Hall–Kier alpha value is -1.12. The molecule has 1 heterocycles. The lowest BCUT2D eigenvalue weighted by Gasteiger charge is -2.08. The van der Waals surface area contributed by atoms with Crippen molar-refractivity contribution in [2.24, 2.45) is 7.05 Å². The molecule has 0 radical (unpaired) electrons. The van der Waals surface area contributed by atoms with Crippen molar-refractivity contribution in [1.82, 2.24) is 15.0 Å². The summed E-state index contributed by atoms with van der Waals surface area (Å²) in [4.78, 5) is 0. The monoisotopic (exact) mass is 364 g/mol. The number of sulfonamides is 1. The van der Waals surface area contributed by atoms with Crippen LogP contribution in [0.25, 0.3) is 0 Å². The Labute approximate surface area is 123 Å². The van der Waals surface area contributed by atoms with Gasteiger partial charge in [-0.05, 0) is 33.6 Å². The molecule has 2 rings (SSSR count). The molecule has 0 unspecified atom stereocenters. The van der Waals surface area contributed by atoms with Gasteiger partial charge in [0, 0.05) is 18.6 Å². The summed E-state index contributed by atoms with van der Waals surface area (Å²) in [7, 11) is -2.26. The lowest BCUT2D eigenvalue weighted by atomic mass is 10.2. The number of nitrogens with zero attached hydrogens (tertiary/aromatic N) is 3. The summed E-state index contributed by atoms with van der Waals surface area (Å²) >= 11 is 8.77. The quantitative estimate of drug-likeness (QED) is 0.842. The van der Waals surface area contributed by atoms with Gasteiger partial charge in [-0.15, -0.1) is 16.7 Å². The molecule has 0 aliphatic heterocycles. The normalized spacial score (nSPS) is 11.5. The minimum absolute atomic E-state index is 0.0382. The number of alkyl halides is 1. The first-order valence-corrected chi connectivity index (χ1v) is 7.98. The second-order valence-corrected chi connectivity index (χ2v) is 6.36. The molecule has 0 saturated carbocycles. The Morgan fingerprint density at radius 2 is 2.21 bits per heavy atom. The van der Waals surface area contributed by atoms with Crippen molar-refractivity contribution >= 4 is 43.2 Å². The van der Waals surface area contributed by atoms with E-state index in [2.05, 4.69) is 31.0 Å². The molecule has 0 saturated heterocycles. The van der Waals surface area contributed by atoms with Gasteiger partial charge in [-0.1, -0.05) is 17.3 Å². The van der Waals surface area contributed by atoms with Crippen molar-refractivity contribution in [3.8, 4) is 0 Å².